The summed E-state index contributed by atoms with van der Waals surface area (Å²) in [6, 6.07) is 4.12. The summed E-state index contributed by atoms with van der Waals surface area (Å²) in [7, 11) is 0. The van der Waals surface area contributed by atoms with E-state index in [-0.39, 0.29) is 5.78 Å². The van der Waals surface area contributed by atoms with E-state index in [1.807, 2.05) is 6.92 Å². The second-order valence-corrected chi connectivity index (χ2v) is 4.20. The van der Waals surface area contributed by atoms with Gasteiger partial charge in [-0.2, -0.15) is 0 Å². The summed E-state index contributed by atoms with van der Waals surface area (Å²) in [4.78, 5) is 11.2. The van der Waals surface area contributed by atoms with Gasteiger partial charge in [0.25, 0.3) is 0 Å². The van der Waals surface area contributed by atoms with Gasteiger partial charge in [-0.05, 0) is 40.0 Å². The van der Waals surface area contributed by atoms with Crippen molar-refractivity contribution in [2.75, 3.05) is 11.9 Å². The zero-order valence-corrected chi connectivity index (χ0v) is 8.94. The average Bonchev–Trinajstić information content (AvgIpc) is 2.02. The number of halogens is 1. The van der Waals surface area contributed by atoms with Crippen LogP contribution in [0.2, 0.25) is 0 Å². The van der Waals surface area contributed by atoms with Gasteiger partial charge >= 0.3 is 0 Å². The Balaban J connectivity index is 2.53. The SMILES string of the molecule is Cc1cc(Br)c2c(c1)CC(=O)CN2. The maximum absolute atomic E-state index is 11.2. The first-order chi connectivity index (χ1) is 6.16. The maximum Gasteiger partial charge on any atom is 0.156 e. The van der Waals surface area contributed by atoms with Crippen LogP contribution in [0.25, 0.3) is 0 Å². The van der Waals surface area contributed by atoms with E-state index in [1.54, 1.807) is 0 Å². The molecule has 0 bridgehead atoms. The molecule has 0 saturated heterocycles. The standard InChI is InChI=1S/C10H10BrNO/c1-6-2-7-4-8(13)5-12-10(7)9(11)3-6/h2-3,12H,4-5H2,1H3. The average molecular weight is 240 g/mol. The van der Waals surface area contributed by atoms with E-state index in [0.717, 1.165) is 15.7 Å². The Morgan fingerprint density at radius 1 is 1.46 bits per heavy atom. The van der Waals surface area contributed by atoms with Crippen LogP contribution >= 0.6 is 15.9 Å². The summed E-state index contributed by atoms with van der Waals surface area (Å²) in [5, 5.41) is 3.11. The molecule has 68 valence electrons. The summed E-state index contributed by atoms with van der Waals surface area (Å²) in [5.74, 6) is 0.255. The Kier molecular flexibility index (Phi) is 2.12. The molecule has 2 rings (SSSR count). The molecular weight excluding hydrogens is 230 g/mol. The first-order valence-corrected chi connectivity index (χ1v) is 5.01. The molecule has 0 aliphatic carbocycles. The number of fused-ring (bicyclic) bond motifs is 1. The molecule has 0 saturated carbocycles. The second-order valence-electron chi connectivity index (χ2n) is 3.35. The fourth-order valence-corrected chi connectivity index (χ4v) is 2.37. The third kappa shape index (κ3) is 1.61. The van der Waals surface area contributed by atoms with Gasteiger partial charge in [0.2, 0.25) is 0 Å². The lowest BCUT2D eigenvalue weighted by atomic mass is 10.0. The topological polar surface area (TPSA) is 29.1 Å². The van der Waals surface area contributed by atoms with Crippen molar-refractivity contribution in [1.29, 1.82) is 0 Å². The Bertz CT molecular complexity index is 373. The Morgan fingerprint density at radius 2 is 2.23 bits per heavy atom. The van der Waals surface area contributed by atoms with Crippen LogP contribution in [0.4, 0.5) is 5.69 Å². The lowest BCUT2D eigenvalue weighted by molar-refractivity contribution is -0.117. The van der Waals surface area contributed by atoms with E-state index in [9.17, 15) is 4.79 Å². The summed E-state index contributed by atoms with van der Waals surface area (Å²) < 4.78 is 1.05. The molecule has 0 fully saturated rings. The molecule has 0 atom stereocenters. The number of ketones is 1. The smallest absolute Gasteiger partial charge is 0.156 e. The molecular formula is C10H10BrNO. The predicted molar refractivity (Wildman–Crippen MR) is 56.1 cm³/mol. The van der Waals surface area contributed by atoms with Crippen LogP contribution in [-0.2, 0) is 11.2 Å². The van der Waals surface area contributed by atoms with Crippen molar-refractivity contribution < 1.29 is 4.79 Å². The number of aryl methyl sites for hydroxylation is 1. The number of nitrogens with one attached hydrogen (secondary N) is 1. The number of hydrogen-bond donors (Lipinski definition) is 1. The summed E-state index contributed by atoms with van der Waals surface area (Å²) in [5.41, 5.74) is 3.36. The highest BCUT2D eigenvalue weighted by Gasteiger charge is 2.16. The molecule has 0 radical (unpaired) electrons. The minimum Gasteiger partial charge on any atom is -0.377 e. The molecule has 0 amide bonds. The highest BCUT2D eigenvalue weighted by Crippen LogP contribution is 2.30. The molecule has 0 aromatic heterocycles. The molecule has 3 heteroatoms. The van der Waals surface area contributed by atoms with Gasteiger partial charge in [-0.3, -0.25) is 4.79 Å². The van der Waals surface area contributed by atoms with E-state index in [1.165, 1.54) is 5.56 Å². The predicted octanol–water partition coefficient (Wildman–Crippen LogP) is 2.29. The first-order valence-electron chi connectivity index (χ1n) is 4.21. The first kappa shape index (κ1) is 8.75. The van der Waals surface area contributed by atoms with Crippen LogP contribution in [-0.4, -0.2) is 12.3 Å². The lowest BCUT2D eigenvalue weighted by Crippen LogP contribution is -2.23. The Morgan fingerprint density at radius 3 is 3.00 bits per heavy atom. The number of anilines is 1. The van der Waals surface area contributed by atoms with Crippen molar-refractivity contribution in [1.82, 2.24) is 0 Å². The molecule has 1 aliphatic rings. The van der Waals surface area contributed by atoms with Gasteiger partial charge in [0.1, 0.15) is 0 Å². The normalized spacial score (nSPS) is 15.1. The molecule has 1 aromatic rings. The van der Waals surface area contributed by atoms with E-state index in [2.05, 4.69) is 33.4 Å². The minimum atomic E-state index is 0.255. The molecule has 1 aromatic carbocycles. The van der Waals surface area contributed by atoms with E-state index in [4.69, 9.17) is 0 Å². The number of carbonyl (C=O) groups excluding carboxylic acids is 1. The van der Waals surface area contributed by atoms with Crippen molar-refractivity contribution in [3.63, 3.8) is 0 Å². The summed E-state index contributed by atoms with van der Waals surface area (Å²) >= 11 is 3.48. The fraction of sp³-hybridized carbons (Fsp3) is 0.300. The van der Waals surface area contributed by atoms with Crippen LogP contribution < -0.4 is 5.32 Å². The molecule has 1 heterocycles. The van der Waals surface area contributed by atoms with E-state index in [0.29, 0.717) is 13.0 Å². The fourth-order valence-electron chi connectivity index (χ4n) is 1.61. The van der Waals surface area contributed by atoms with Gasteiger partial charge in [-0.15, -0.1) is 0 Å². The zero-order chi connectivity index (χ0) is 9.42. The van der Waals surface area contributed by atoms with Gasteiger partial charge < -0.3 is 5.32 Å². The number of Topliss-reactive ketones (excluding diaryl/α,β-unsaturated/α-hetero) is 1. The van der Waals surface area contributed by atoms with Crippen molar-refractivity contribution in [3.05, 3.63) is 27.7 Å². The monoisotopic (exact) mass is 239 g/mol. The van der Waals surface area contributed by atoms with Gasteiger partial charge in [0.05, 0.1) is 12.2 Å². The molecule has 0 spiro atoms. The van der Waals surface area contributed by atoms with E-state index >= 15 is 0 Å². The van der Waals surface area contributed by atoms with Crippen molar-refractivity contribution in [2.24, 2.45) is 0 Å². The van der Waals surface area contributed by atoms with Gasteiger partial charge in [0.15, 0.2) is 5.78 Å². The van der Waals surface area contributed by atoms with Crippen LogP contribution in [0.15, 0.2) is 16.6 Å². The minimum absolute atomic E-state index is 0.255. The van der Waals surface area contributed by atoms with Crippen molar-refractivity contribution >= 4 is 27.4 Å². The molecule has 1 aliphatic heterocycles. The summed E-state index contributed by atoms with van der Waals surface area (Å²) in [6.07, 6.45) is 0.558. The van der Waals surface area contributed by atoms with Crippen LogP contribution in [0, 0.1) is 6.92 Å². The molecule has 0 unspecified atom stereocenters. The van der Waals surface area contributed by atoms with Crippen LogP contribution in [0.3, 0.4) is 0 Å². The second kappa shape index (κ2) is 3.14. The highest BCUT2D eigenvalue weighted by atomic mass is 79.9. The Hall–Kier alpha value is -0.830. The van der Waals surface area contributed by atoms with Gasteiger partial charge in [0, 0.05) is 10.9 Å². The molecule has 2 nitrogen and oxygen atoms in total. The number of rotatable bonds is 0. The Labute approximate surface area is 85.5 Å². The molecule has 1 N–H and O–H groups in total. The van der Waals surface area contributed by atoms with Gasteiger partial charge in [-0.1, -0.05) is 6.07 Å². The number of benzene rings is 1. The highest BCUT2D eigenvalue weighted by molar-refractivity contribution is 9.10. The molecule has 13 heavy (non-hydrogen) atoms. The number of hydrogen-bond acceptors (Lipinski definition) is 2. The number of carbonyl (C=O) groups is 1. The lowest BCUT2D eigenvalue weighted by Gasteiger charge is -2.19. The van der Waals surface area contributed by atoms with Crippen LogP contribution in [0.1, 0.15) is 11.1 Å². The maximum atomic E-state index is 11.2. The summed E-state index contributed by atoms with van der Waals surface area (Å²) in [6.45, 7) is 2.48. The van der Waals surface area contributed by atoms with Crippen LogP contribution in [0.5, 0.6) is 0 Å². The van der Waals surface area contributed by atoms with E-state index < -0.39 is 0 Å². The quantitative estimate of drug-likeness (QED) is 0.753. The van der Waals surface area contributed by atoms with Crippen molar-refractivity contribution in [3.8, 4) is 0 Å². The third-order valence-electron chi connectivity index (χ3n) is 2.17. The third-order valence-corrected chi connectivity index (χ3v) is 2.79. The largest absolute Gasteiger partial charge is 0.377 e. The van der Waals surface area contributed by atoms with Crippen molar-refractivity contribution in [2.45, 2.75) is 13.3 Å². The zero-order valence-electron chi connectivity index (χ0n) is 7.36. The van der Waals surface area contributed by atoms with Gasteiger partial charge in [-0.25, -0.2) is 0 Å².